The molecule has 0 bridgehead atoms. The predicted octanol–water partition coefficient (Wildman–Crippen LogP) is 5.27. The number of aryl methyl sites for hydroxylation is 2. The van der Waals surface area contributed by atoms with Crippen molar-refractivity contribution in [1.29, 1.82) is 0 Å². The number of carbonyl (C=O) groups excluding carboxylic acids is 1. The van der Waals surface area contributed by atoms with Gasteiger partial charge in [-0.15, -0.1) is 11.3 Å². The molecule has 0 spiro atoms. The lowest BCUT2D eigenvalue weighted by molar-refractivity contribution is 0.0939. The number of benzene rings is 2. The van der Waals surface area contributed by atoms with Crippen LogP contribution in [0, 0.1) is 18.8 Å². The van der Waals surface area contributed by atoms with E-state index in [-0.39, 0.29) is 11.9 Å². The number of rotatable bonds is 6. The summed E-state index contributed by atoms with van der Waals surface area (Å²) in [7, 11) is 1.93. The number of nitrogens with zero attached hydrogens (tertiary/aromatic N) is 3. The smallest absolute Gasteiger partial charge is 0.252 e. The van der Waals surface area contributed by atoms with Crippen LogP contribution in [0.5, 0.6) is 0 Å². The molecule has 0 saturated carbocycles. The van der Waals surface area contributed by atoms with Gasteiger partial charge in [0.2, 0.25) is 0 Å². The number of anilines is 1. The van der Waals surface area contributed by atoms with Gasteiger partial charge in [0.15, 0.2) is 0 Å². The van der Waals surface area contributed by atoms with Gasteiger partial charge in [-0.25, -0.2) is 0 Å². The predicted molar refractivity (Wildman–Crippen MR) is 151 cm³/mol. The molecule has 6 rings (SSSR count). The average molecular weight is 512 g/mol. The van der Waals surface area contributed by atoms with Crippen LogP contribution in [0.15, 0.2) is 66.3 Å². The Balaban J connectivity index is 1.26. The van der Waals surface area contributed by atoms with Gasteiger partial charge in [0.1, 0.15) is 0 Å². The minimum Gasteiger partial charge on any atom is -0.371 e. The summed E-state index contributed by atoms with van der Waals surface area (Å²) in [6, 6.07) is 16.9. The Morgan fingerprint density at radius 3 is 2.57 bits per heavy atom. The first-order chi connectivity index (χ1) is 17.9. The first kappa shape index (κ1) is 23.9. The van der Waals surface area contributed by atoms with E-state index in [4.69, 9.17) is 0 Å². The van der Waals surface area contributed by atoms with Crippen LogP contribution in [0.2, 0.25) is 0 Å². The van der Waals surface area contributed by atoms with Gasteiger partial charge >= 0.3 is 0 Å². The molecular formula is C30H33N5OS. The standard InChI is InChI=1S/C30H33N5OS/c1-19-6-7-27(35-17-24-13-31-14-25(24)18-35)12-28(19)30(36)33-20(2)21-9-22(26-15-32-34(3)16-26)11-23(10-21)29-5-4-8-37-29/h4-12,15-16,20,24-25,31H,13-14,17-18H2,1-3H3,(H,33,36). The monoisotopic (exact) mass is 511 g/mol. The molecule has 2 fully saturated rings. The Morgan fingerprint density at radius 2 is 1.86 bits per heavy atom. The Kier molecular flexibility index (Phi) is 6.34. The van der Waals surface area contributed by atoms with Crippen molar-refractivity contribution >= 4 is 22.9 Å². The second kappa shape index (κ2) is 9.80. The second-order valence-electron chi connectivity index (χ2n) is 10.5. The Labute approximate surface area is 222 Å². The van der Waals surface area contributed by atoms with Crippen LogP contribution < -0.4 is 15.5 Å². The molecule has 3 atom stereocenters. The fourth-order valence-corrected chi connectivity index (χ4v) is 6.41. The fraction of sp³-hybridized carbons (Fsp3) is 0.333. The summed E-state index contributed by atoms with van der Waals surface area (Å²) in [5, 5.41) is 13.2. The molecule has 0 aliphatic carbocycles. The van der Waals surface area contributed by atoms with E-state index in [1.165, 1.54) is 4.88 Å². The highest BCUT2D eigenvalue weighted by Gasteiger charge is 2.36. The van der Waals surface area contributed by atoms with Crippen molar-refractivity contribution in [3.8, 4) is 21.6 Å². The minimum atomic E-state index is -0.150. The fourth-order valence-electron chi connectivity index (χ4n) is 5.70. The first-order valence-corrected chi connectivity index (χ1v) is 13.9. The Hall–Kier alpha value is -3.42. The van der Waals surface area contributed by atoms with Crippen molar-refractivity contribution < 1.29 is 4.79 Å². The van der Waals surface area contributed by atoms with Crippen molar-refractivity contribution in [2.24, 2.45) is 18.9 Å². The quantitative estimate of drug-likeness (QED) is 0.370. The number of aromatic nitrogens is 2. The van der Waals surface area contributed by atoms with Gasteiger partial charge in [-0.1, -0.05) is 12.1 Å². The third kappa shape index (κ3) is 4.81. The number of carbonyl (C=O) groups is 1. The van der Waals surface area contributed by atoms with Crippen molar-refractivity contribution in [2.75, 3.05) is 31.1 Å². The maximum absolute atomic E-state index is 13.5. The van der Waals surface area contributed by atoms with Gasteiger partial charge in [-0.05, 0) is 89.7 Å². The summed E-state index contributed by atoms with van der Waals surface area (Å²) in [5.74, 6) is 1.39. The lowest BCUT2D eigenvalue weighted by atomic mass is 9.97. The maximum Gasteiger partial charge on any atom is 0.252 e. The van der Waals surface area contributed by atoms with E-state index in [1.54, 1.807) is 11.3 Å². The highest BCUT2D eigenvalue weighted by molar-refractivity contribution is 7.13. The summed E-state index contributed by atoms with van der Waals surface area (Å²) >= 11 is 1.72. The molecule has 7 heteroatoms. The largest absolute Gasteiger partial charge is 0.371 e. The minimum absolute atomic E-state index is 0.0302. The van der Waals surface area contributed by atoms with Crippen LogP contribution in [-0.2, 0) is 7.05 Å². The lowest BCUT2D eigenvalue weighted by Gasteiger charge is -2.22. The molecule has 0 radical (unpaired) electrons. The molecule has 2 aliphatic heterocycles. The normalized spacial score (nSPS) is 19.7. The van der Waals surface area contributed by atoms with E-state index < -0.39 is 0 Å². The van der Waals surface area contributed by atoms with Crippen LogP contribution >= 0.6 is 11.3 Å². The molecule has 190 valence electrons. The number of nitrogens with one attached hydrogen (secondary N) is 2. The van der Waals surface area contributed by atoms with Gasteiger partial charge in [-0.3, -0.25) is 9.48 Å². The van der Waals surface area contributed by atoms with Gasteiger partial charge in [0.05, 0.1) is 12.2 Å². The van der Waals surface area contributed by atoms with Gasteiger partial charge in [-0.2, -0.15) is 5.10 Å². The third-order valence-electron chi connectivity index (χ3n) is 7.87. The molecule has 2 saturated heterocycles. The van der Waals surface area contributed by atoms with E-state index in [0.717, 1.165) is 65.2 Å². The average Bonchev–Trinajstić information content (AvgIpc) is 3.69. The Morgan fingerprint density at radius 1 is 1.08 bits per heavy atom. The lowest BCUT2D eigenvalue weighted by Crippen LogP contribution is -2.28. The molecule has 1 amide bonds. The summed E-state index contributed by atoms with van der Waals surface area (Å²) < 4.78 is 1.82. The molecule has 3 unspecified atom stereocenters. The summed E-state index contributed by atoms with van der Waals surface area (Å²) in [6.45, 7) is 8.40. The number of fused-ring (bicyclic) bond motifs is 1. The van der Waals surface area contributed by atoms with Crippen molar-refractivity contribution in [2.45, 2.75) is 19.9 Å². The zero-order valence-electron chi connectivity index (χ0n) is 21.6. The van der Waals surface area contributed by atoms with Crippen LogP contribution in [0.3, 0.4) is 0 Å². The van der Waals surface area contributed by atoms with E-state index in [0.29, 0.717) is 11.8 Å². The van der Waals surface area contributed by atoms with E-state index >= 15 is 0 Å². The van der Waals surface area contributed by atoms with Crippen molar-refractivity contribution in [3.05, 3.63) is 83.0 Å². The molecule has 2 aromatic heterocycles. The molecule has 37 heavy (non-hydrogen) atoms. The molecule has 2 N–H and O–H groups in total. The molecule has 4 aromatic rings. The Bertz CT molecular complexity index is 1410. The zero-order valence-corrected chi connectivity index (χ0v) is 22.4. The maximum atomic E-state index is 13.5. The summed E-state index contributed by atoms with van der Waals surface area (Å²) in [5.41, 5.74) is 7.29. The molecule has 2 aliphatic rings. The molecular weight excluding hydrogens is 478 g/mol. The zero-order chi connectivity index (χ0) is 25.5. The summed E-state index contributed by atoms with van der Waals surface area (Å²) in [4.78, 5) is 17.2. The number of hydrogen-bond acceptors (Lipinski definition) is 5. The first-order valence-electron chi connectivity index (χ1n) is 13.0. The van der Waals surface area contributed by atoms with Crippen LogP contribution in [0.4, 0.5) is 5.69 Å². The van der Waals surface area contributed by atoms with Gasteiger partial charge in [0, 0.05) is 61.1 Å². The molecule has 4 heterocycles. The van der Waals surface area contributed by atoms with Crippen molar-refractivity contribution in [3.63, 3.8) is 0 Å². The highest BCUT2D eigenvalue weighted by atomic mass is 32.1. The number of hydrogen-bond donors (Lipinski definition) is 2. The van der Waals surface area contributed by atoms with Gasteiger partial charge < -0.3 is 15.5 Å². The van der Waals surface area contributed by atoms with E-state index in [9.17, 15) is 4.79 Å². The van der Waals surface area contributed by atoms with Crippen LogP contribution in [-0.4, -0.2) is 41.9 Å². The van der Waals surface area contributed by atoms with Crippen LogP contribution in [0.25, 0.3) is 21.6 Å². The van der Waals surface area contributed by atoms with Crippen LogP contribution in [0.1, 0.15) is 34.5 Å². The number of thiophene rings is 1. The summed E-state index contributed by atoms with van der Waals surface area (Å²) in [6.07, 6.45) is 3.91. The van der Waals surface area contributed by atoms with Crippen molar-refractivity contribution in [1.82, 2.24) is 20.4 Å². The van der Waals surface area contributed by atoms with E-state index in [2.05, 4.69) is 81.5 Å². The molecule has 6 nitrogen and oxygen atoms in total. The molecule has 2 aromatic carbocycles. The topological polar surface area (TPSA) is 62.2 Å². The second-order valence-corrected chi connectivity index (χ2v) is 11.4. The third-order valence-corrected chi connectivity index (χ3v) is 8.79. The highest BCUT2D eigenvalue weighted by Crippen LogP contribution is 2.34. The van der Waals surface area contributed by atoms with E-state index in [1.807, 2.05) is 31.0 Å². The van der Waals surface area contributed by atoms with Gasteiger partial charge in [0.25, 0.3) is 5.91 Å². The SMILES string of the molecule is Cc1ccc(N2CC3CNCC3C2)cc1C(=O)NC(C)c1cc(-c2cnn(C)c2)cc(-c2cccs2)c1. The number of amides is 1.